The second-order valence-electron chi connectivity index (χ2n) is 4.30. The average molecular weight is 253 g/mol. The van der Waals surface area contributed by atoms with Gasteiger partial charge in [0.15, 0.2) is 0 Å². The summed E-state index contributed by atoms with van der Waals surface area (Å²) < 4.78 is 30.0. The number of hydrogen-bond donors (Lipinski definition) is 2. The van der Waals surface area contributed by atoms with Crippen LogP contribution in [0.2, 0.25) is 0 Å². The van der Waals surface area contributed by atoms with Crippen molar-refractivity contribution >= 4 is 10.0 Å². The molecule has 0 rings (SSSR count). The maximum atomic E-state index is 11.4. The Hall–Kier alpha value is -0.170. The Labute approximate surface area is 98.2 Å². The van der Waals surface area contributed by atoms with E-state index in [1.807, 2.05) is 13.8 Å². The zero-order valence-electron chi connectivity index (χ0n) is 10.3. The van der Waals surface area contributed by atoms with Crippen LogP contribution >= 0.6 is 0 Å². The molecule has 1 unspecified atom stereocenters. The third-order valence-electron chi connectivity index (χ3n) is 2.04. The van der Waals surface area contributed by atoms with Gasteiger partial charge < -0.3 is 9.84 Å². The summed E-state index contributed by atoms with van der Waals surface area (Å²) in [7, 11) is -1.74. The van der Waals surface area contributed by atoms with Gasteiger partial charge in [-0.05, 0) is 18.8 Å². The van der Waals surface area contributed by atoms with Crippen LogP contribution in [0.1, 0.15) is 26.7 Å². The highest BCUT2D eigenvalue weighted by Crippen LogP contribution is 2.03. The summed E-state index contributed by atoms with van der Waals surface area (Å²) in [5.74, 6) is 0.392. The minimum absolute atomic E-state index is 0.0369. The van der Waals surface area contributed by atoms with Gasteiger partial charge in [0.1, 0.15) is 0 Å². The Morgan fingerprint density at radius 3 is 2.50 bits per heavy atom. The first-order valence-corrected chi connectivity index (χ1v) is 7.17. The molecule has 0 heterocycles. The predicted octanol–water partition coefficient (Wildman–Crippen LogP) is 0.349. The third kappa shape index (κ3) is 9.08. The van der Waals surface area contributed by atoms with Crippen LogP contribution in [0.15, 0.2) is 0 Å². The summed E-state index contributed by atoms with van der Waals surface area (Å²) in [6, 6.07) is 0. The largest absolute Gasteiger partial charge is 0.392 e. The summed E-state index contributed by atoms with van der Waals surface area (Å²) in [4.78, 5) is 0. The zero-order valence-corrected chi connectivity index (χ0v) is 11.1. The molecular weight excluding hydrogens is 230 g/mol. The van der Waals surface area contributed by atoms with Crippen LogP contribution in [0.4, 0.5) is 0 Å². The first-order valence-electron chi connectivity index (χ1n) is 5.51. The van der Waals surface area contributed by atoms with Crippen molar-refractivity contribution in [3.8, 4) is 0 Å². The first kappa shape index (κ1) is 15.8. The standard InChI is InChI=1S/C10H23NO4S/c1-9(2)7-10(12)8-11-16(13,14)6-4-5-15-3/h9-12H,4-8H2,1-3H3. The van der Waals surface area contributed by atoms with Crippen molar-refractivity contribution in [1.82, 2.24) is 4.72 Å². The minimum Gasteiger partial charge on any atom is -0.392 e. The van der Waals surface area contributed by atoms with Crippen molar-refractivity contribution in [2.45, 2.75) is 32.8 Å². The van der Waals surface area contributed by atoms with Crippen LogP contribution in [0, 0.1) is 5.92 Å². The Morgan fingerprint density at radius 1 is 1.38 bits per heavy atom. The van der Waals surface area contributed by atoms with Gasteiger partial charge >= 0.3 is 0 Å². The maximum absolute atomic E-state index is 11.4. The van der Waals surface area contributed by atoms with Crippen molar-refractivity contribution in [3.05, 3.63) is 0 Å². The molecule has 0 saturated carbocycles. The van der Waals surface area contributed by atoms with Crippen LogP contribution < -0.4 is 4.72 Å². The van der Waals surface area contributed by atoms with Gasteiger partial charge in [-0.1, -0.05) is 13.8 Å². The van der Waals surface area contributed by atoms with Crippen LogP contribution in [0.25, 0.3) is 0 Å². The lowest BCUT2D eigenvalue weighted by molar-refractivity contribution is 0.152. The van der Waals surface area contributed by atoms with Crippen LogP contribution in [0.3, 0.4) is 0 Å². The topological polar surface area (TPSA) is 75.6 Å². The molecule has 0 aromatic carbocycles. The van der Waals surface area contributed by atoms with Gasteiger partial charge in [-0.2, -0.15) is 0 Å². The normalized spacial score (nSPS) is 14.3. The number of methoxy groups -OCH3 is 1. The van der Waals surface area contributed by atoms with E-state index in [1.165, 1.54) is 7.11 Å². The fourth-order valence-electron chi connectivity index (χ4n) is 1.32. The monoisotopic (exact) mass is 253 g/mol. The average Bonchev–Trinajstić information content (AvgIpc) is 2.14. The number of nitrogens with one attached hydrogen (secondary N) is 1. The number of aliphatic hydroxyl groups excluding tert-OH is 1. The molecule has 1 atom stereocenters. The van der Waals surface area contributed by atoms with E-state index in [-0.39, 0.29) is 12.3 Å². The van der Waals surface area contributed by atoms with Crippen molar-refractivity contribution < 1.29 is 18.3 Å². The second-order valence-corrected chi connectivity index (χ2v) is 6.22. The van der Waals surface area contributed by atoms with Gasteiger partial charge in [-0.3, -0.25) is 0 Å². The molecule has 2 N–H and O–H groups in total. The van der Waals surface area contributed by atoms with E-state index in [4.69, 9.17) is 4.74 Å². The Bertz CT molecular complexity index is 264. The molecule has 0 saturated heterocycles. The van der Waals surface area contributed by atoms with E-state index in [0.29, 0.717) is 25.4 Å². The fraction of sp³-hybridized carbons (Fsp3) is 1.00. The molecule has 0 fully saturated rings. The first-order chi connectivity index (χ1) is 7.37. The highest BCUT2D eigenvalue weighted by Gasteiger charge is 2.13. The lowest BCUT2D eigenvalue weighted by Crippen LogP contribution is -2.34. The molecule has 0 aliphatic rings. The van der Waals surface area contributed by atoms with Crippen molar-refractivity contribution in [3.63, 3.8) is 0 Å². The van der Waals surface area contributed by atoms with Gasteiger partial charge in [-0.15, -0.1) is 0 Å². The lowest BCUT2D eigenvalue weighted by Gasteiger charge is -2.13. The molecule has 5 nitrogen and oxygen atoms in total. The van der Waals surface area contributed by atoms with Crippen LogP contribution in [-0.4, -0.2) is 45.6 Å². The fourth-order valence-corrected chi connectivity index (χ4v) is 2.40. The number of ether oxygens (including phenoxy) is 1. The lowest BCUT2D eigenvalue weighted by atomic mass is 10.1. The summed E-state index contributed by atoms with van der Waals surface area (Å²) in [5, 5.41) is 9.50. The molecule has 0 aromatic rings. The third-order valence-corrected chi connectivity index (χ3v) is 3.48. The van der Waals surface area contributed by atoms with Gasteiger partial charge in [0.05, 0.1) is 11.9 Å². The highest BCUT2D eigenvalue weighted by atomic mass is 32.2. The Kier molecular flexibility index (Phi) is 7.91. The van der Waals surface area contributed by atoms with E-state index in [1.54, 1.807) is 0 Å². The SMILES string of the molecule is COCCCS(=O)(=O)NCC(O)CC(C)C. The van der Waals surface area contributed by atoms with E-state index in [0.717, 1.165) is 0 Å². The number of aliphatic hydroxyl groups is 1. The molecule has 98 valence electrons. The van der Waals surface area contributed by atoms with E-state index < -0.39 is 16.1 Å². The Balaban J connectivity index is 3.81. The number of sulfonamides is 1. The van der Waals surface area contributed by atoms with E-state index in [2.05, 4.69) is 4.72 Å². The second kappa shape index (κ2) is 8.00. The van der Waals surface area contributed by atoms with E-state index in [9.17, 15) is 13.5 Å². The summed E-state index contributed by atoms with van der Waals surface area (Å²) in [5.41, 5.74) is 0. The summed E-state index contributed by atoms with van der Waals surface area (Å²) in [6.45, 7) is 4.48. The van der Waals surface area contributed by atoms with Crippen molar-refractivity contribution in [2.75, 3.05) is 26.0 Å². The number of hydrogen-bond acceptors (Lipinski definition) is 4. The molecule has 0 aliphatic heterocycles. The molecule has 0 aliphatic carbocycles. The van der Waals surface area contributed by atoms with Gasteiger partial charge in [0.2, 0.25) is 10.0 Å². The predicted molar refractivity (Wildman–Crippen MR) is 63.7 cm³/mol. The van der Waals surface area contributed by atoms with Gasteiger partial charge in [0, 0.05) is 20.3 Å². The molecule has 0 amide bonds. The van der Waals surface area contributed by atoms with Crippen molar-refractivity contribution in [2.24, 2.45) is 5.92 Å². The van der Waals surface area contributed by atoms with Gasteiger partial charge in [-0.25, -0.2) is 13.1 Å². The molecular formula is C10H23NO4S. The molecule has 0 bridgehead atoms. The van der Waals surface area contributed by atoms with E-state index >= 15 is 0 Å². The quantitative estimate of drug-likeness (QED) is 0.581. The highest BCUT2D eigenvalue weighted by molar-refractivity contribution is 7.89. The van der Waals surface area contributed by atoms with Crippen LogP contribution in [0.5, 0.6) is 0 Å². The molecule has 0 aromatic heterocycles. The number of rotatable bonds is 9. The minimum atomic E-state index is -3.27. The Morgan fingerprint density at radius 2 is 2.00 bits per heavy atom. The zero-order chi connectivity index (χ0) is 12.6. The maximum Gasteiger partial charge on any atom is 0.211 e. The summed E-state index contributed by atoms with van der Waals surface area (Å²) in [6.07, 6.45) is 0.448. The van der Waals surface area contributed by atoms with Gasteiger partial charge in [0.25, 0.3) is 0 Å². The molecule has 0 spiro atoms. The smallest absolute Gasteiger partial charge is 0.211 e. The van der Waals surface area contributed by atoms with Crippen LogP contribution in [-0.2, 0) is 14.8 Å². The molecule has 16 heavy (non-hydrogen) atoms. The molecule has 6 heteroatoms. The molecule has 0 radical (unpaired) electrons. The summed E-state index contributed by atoms with van der Waals surface area (Å²) >= 11 is 0. The van der Waals surface area contributed by atoms with Crippen molar-refractivity contribution in [1.29, 1.82) is 0 Å².